The molecule has 0 aliphatic heterocycles. The molecular formula is C20H18N2O2. The average molecular weight is 318 g/mol. The van der Waals surface area contributed by atoms with E-state index in [1.807, 2.05) is 72.8 Å². The summed E-state index contributed by atoms with van der Waals surface area (Å²) in [7, 11) is 0. The molecule has 3 aromatic rings. The van der Waals surface area contributed by atoms with E-state index in [2.05, 4.69) is 5.32 Å². The van der Waals surface area contributed by atoms with Crippen molar-refractivity contribution in [1.29, 1.82) is 0 Å². The molecule has 0 radical (unpaired) electrons. The topological polar surface area (TPSA) is 64.3 Å². The first-order chi connectivity index (χ1) is 11.7. The maximum absolute atomic E-state index is 12.0. The number of para-hydroxylation sites is 1. The molecule has 0 aromatic heterocycles. The molecule has 0 fully saturated rings. The van der Waals surface area contributed by atoms with Crippen LogP contribution in [0, 0.1) is 0 Å². The van der Waals surface area contributed by atoms with Crippen molar-refractivity contribution in [1.82, 2.24) is 0 Å². The van der Waals surface area contributed by atoms with Crippen LogP contribution in [-0.4, -0.2) is 6.09 Å². The fourth-order valence-corrected chi connectivity index (χ4v) is 2.41. The third kappa shape index (κ3) is 3.73. The highest BCUT2D eigenvalue weighted by Gasteiger charge is 2.10. The summed E-state index contributed by atoms with van der Waals surface area (Å²) in [5.41, 5.74) is 10.0. The number of benzene rings is 3. The number of nitrogens with one attached hydrogen (secondary N) is 1. The van der Waals surface area contributed by atoms with Gasteiger partial charge in [0.05, 0.1) is 11.4 Å². The monoisotopic (exact) mass is 318 g/mol. The predicted molar refractivity (Wildman–Crippen MR) is 96.5 cm³/mol. The van der Waals surface area contributed by atoms with Crippen LogP contribution in [0.2, 0.25) is 0 Å². The van der Waals surface area contributed by atoms with Crippen molar-refractivity contribution in [3.63, 3.8) is 0 Å². The van der Waals surface area contributed by atoms with E-state index < -0.39 is 6.09 Å². The lowest BCUT2D eigenvalue weighted by Gasteiger charge is -2.12. The number of amides is 1. The van der Waals surface area contributed by atoms with Gasteiger partial charge in [0.1, 0.15) is 6.61 Å². The van der Waals surface area contributed by atoms with E-state index in [4.69, 9.17) is 10.5 Å². The maximum Gasteiger partial charge on any atom is 0.412 e. The molecule has 0 unspecified atom stereocenters. The SMILES string of the molecule is Nc1c(NC(=O)OCc2ccccc2)cccc1-c1ccccc1. The number of carbonyl (C=O) groups excluding carboxylic acids is 1. The molecule has 0 spiro atoms. The Hall–Kier alpha value is -3.27. The summed E-state index contributed by atoms with van der Waals surface area (Å²) in [6, 6.07) is 24.8. The van der Waals surface area contributed by atoms with Crippen LogP contribution in [0.4, 0.5) is 16.2 Å². The minimum absolute atomic E-state index is 0.213. The van der Waals surface area contributed by atoms with Crippen LogP contribution in [-0.2, 0) is 11.3 Å². The Morgan fingerprint density at radius 1 is 0.875 bits per heavy atom. The summed E-state index contributed by atoms with van der Waals surface area (Å²) in [6.45, 7) is 0.213. The van der Waals surface area contributed by atoms with Crippen LogP contribution in [0.1, 0.15) is 5.56 Å². The van der Waals surface area contributed by atoms with Gasteiger partial charge < -0.3 is 10.5 Å². The molecule has 0 atom stereocenters. The summed E-state index contributed by atoms with van der Waals surface area (Å²) in [5.74, 6) is 0. The molecule has 3 N–H and O–H groups in total. The van der Waals surface area contributed by atoms with Gasteiger partial charge >= 0.3 is 6.09 Å². The summed E-state index contributed by atoms with van der Waals surface area (Å²) in [4.78, 5) is 12.0. The van der Waals surface area contributed by atoms with Gasteiger partial charge in [-0.15, -0.1) is 0 Å². The molecule has 24 heavy (non-hydrogen) atoms. The maximum atomic E-state index is 12.0. The first-order valence-electron chi connectivity index (χ1n) is 7.65. The van der Waals surface area contributed by atoms with Crippen molar-refractivity contribution in [3.8, 4) is 11.1 Å². The fourth-order valence-electron chi connectivity index (χ4n) is 2.41. The Morgan fingerprint density at radius 3 is 2.25 bits per heavy atom. The quantitative estimate of drug-likeness (QED) is 0.686. The molecule has 0 aliphatic rings. The van der Waals surface area contributed by atoms with Crippen molar-refractivity contribution in [3.05, 3.63) is 84.4 Å². The molecule has 1 amide bonds. The normalized spacial score (nSPS) is 10.2. The van der Waals surface area contributed by atoms with Gasteiger partial charge in [0.15, 0.2) is 0 Å². The van der Waals surface area contributed by atoms with Gasteiger partial charge in [0, 0.05) is 5.56 Å². The largest absolute Gasteiger partial charge is 0.444 e. The standard InChI is InChI=1S/C20H18N2O2/c21-19-17(16-10-5-2-6-11-16)12-7-13-18(19)22-20(23)24-14-15-8-3-1-4-9-15/h1-13H,14,21H2,(H,22,23). The second kappa shape index (κ2) is 7.33. The van der Waals surface area contributed by atoms with Gasteiger partial charge in [0.25, 0.3) is 0 Å². The van der Waals surface area contributed by atoms with Gasteiger partial charge in [-0.3, -0.25) is 5.32 Å². The summed E-state index contributed by atoms with van der Waals surface area (Å²) >= 11 is 0. The van der Waals surface area contributed by atoms with E-state index in [9.17, 15) is 4.79 Å². The first-order valence-corrected chi connectivity index (χ1v) is 7.65. The second-order valence-electron chi connectivity index (χ2n) is 5.32. The summed E-state index contributed by atoms with van der Waals surface area (Å²) in [6.07, 6.45) is -0.532. The molecule has 3 aromatic carbocycles. The van der Waals surface area contributed by atoms with E-state index >= 15 is 0 Å². The van der Waals surface area contributed by atoms with Crippen LogP contribution in [0.25, 0.3) is 11.1 Å². The lowest BCUT2D eigenvalue weighted by molar-refractivity contribution is 0.155. The predicted octanol–water partition coefficient (Wildman–Crippen LogP) is 4.68. The smallest absolute Gasteiger partial charge is 0.412 e. The molecule has 3 rings (SSSR count). The molecular weight excluding hydrogens is 300 g/mol. The molecule has 0 aliphatic carbocycles. The molecule has 0 saturated carbocycles. The molecule has 0 heterocycles. The number of ether oxygens (including phenoxy) is 1. The van der Waals surface area contributed by atoms with E-state index in [1.54, 1.807) is 6.07 Å². The molecule has 4 heteroatoms. The zero-order chi connectivity index (χ0) is 16.8. The summed E-state index contributed by atoms with van der Waals surface area (Å²) < 4.78 is 5.23. The lowest BCUT2D eigenvalue weighted by atomic mass is 10.0. The van der Waals surface area contributed by atoms with E-state index in [-0.39, 0.29) is 6.61 Å². The number of hydrogen-bond acceptors (Lipinski definition) is 3. The number of rotatable bonds is 4. The zero-order valence-corrected chi connectivity index (χ0v) is 13.1. The summed E-state index contributed by atoms with van der Waals surface area (Å²) in [5, 5.41) is 2.70. The number of hydrogen-bond donors (Lipinski definition) is 2. The Morgan fingerprint density at radius 2 is 1.54 bits per heavy atom. The van der Waals surface area contributed by atoms with Gasteiger partial charge in [-0.1, -0.05) is 72.8 Å². The zero-order valence-electron chi connectivity index (χ0n) is 13.1. The van der Waals surface area contributed by atoms with Gasteiger partial charge in [-0.2, -0.15) is 0 Å². The second-order valence-corrected chi connectivity index (χ2v) is 5.32. The lowest BCUT2D eigenvalue weighted by Crippen LogP contribution is -2.14. The third-order valence-corrected chi connectivity index (χ3v) is 3.64. The van der Waals surface area contributed by atoms with Gasteiger partial charge in [-0.25, -0.2) is 4.79 Å². The highest BCUT2D eigenvalue weighted by Crippen LogP contribution is 2.31. The van der Waals surface area contributed by atoms with Crippen LogP contribution < -0.4 is 11.1 Å². The number of nitrogen functional groups attached to an aromatic ring is 1. The van der Waals surface area contributed by atoms with Crippen LogP contribution in [0.5, 0.6) is 0 Å². The number of anilines is 2. The average Bonchev–Trinajstić information content (AvgIpc) is 2.63. The van der Waals surface area contributed by atoms with E-state index in [1.165, 1.54) is 0 Å². The van der Waals surface area contributed by atoms with Crippen LogP contribution >= 0.6 is 0 Å². The Balaban J connectivity index is 1.70. The number of nitrogens with two attached hydrogens (primary N) is 1. The van der Waals surface area contributed by atoms with Crippen molar-refractivity contribution >= 4 is 17.5 Å². The Bertz CT molecular complexity index is 818. The minimum Gasteiger partial charge on any atom is -0.444 e. The van der Waals surface area contributed by atoms with Crippen LogP contribution in [0.3, 0.4) is 0 Å². The highest BCUT2D eigenvalue weighted by atomic mass is 16.5. The molecule has 0 bridgehead atoms. The van der Waals surface area contributed by atoms with E-state index in [0.29, 0.717) is 11.4 Å². The first kappa shape index (κ1) is 15.6. The highest BCUT2D eigenvalue weighted by molar-refractivity contribution is 5.94. The molecule has 0 saturated heterocycles. The molecule has 120 valence electrons. The Kier molecular flexibility index (Phi) is 4.77. The Labute approximate surface area is 140 Å². The van der Waals surface area contributed by atoms with E-state index in [0.717, 1.165) is 16.7 Å². The number of carbonyl (C=O) groups is 1. The third-order valence-electron chi connectivity index (χ3n) is 3.64. The van der Waals surface area contributed by atoms with Gasteiger partial charge in [-0.05, 0) is 17.2 Å². The van der Waals surface area contributed by atoms with Crippen molar-refractivity contribution in [2.24, 2.45) is 0 Å². The van der Waals surface area contributed by atoms with Crippen LogP contribution in [0.15, 0.2) is 78.9 Å². The van der Waals surface area contributed by atoms with Gasteiger partial charge in [0.2, 0.25) is 0 Å². The minimum atomic E-state index is -0.532. The van der Waals surface area contributed by atoms with Crippen molar-refractivity contribution in [2.45, 2.75) is 6.61 Å². The fraction of sp³-hybridized carbons (Fsp3) is 0.0500. The van der Waals surface area contributed by atoms with Crippen molar-refractivity contribution in [2.75, 3.05) is 11.1 Å². The van der Waals surface area contributed by atoms with Crippen molar-refractivity contribution < 1.29 is 9.53 Å². The molecule has 4 nitrogen and oxygen atoms in total.